The molecule has 2 N–H and O–H groups in total. The van der Waals surface area contributed by atoms with Gasteiger partial charge in [0.2, 0.25) is 0 Å². The molecule has 0 atom stereocenters. The predicted octanol–water partition coefficient (Wildman–Crippen LogP) is 5.78. The van der Waals surface area contributed by atoms with Gasteiger partial charge in [-0.3, -0.25) is 0 Å². The number of aromatic nitrogens is 6. The summed E-state index contributed by atoms with van der Waals surface area (Å²) in [5, 5.41) is 41.4. The van der Waals surface area contributed by atoms with Crippen LogP contribution in [0.3, 0.4) is 0 Å². The van der Waals surface area contributed by atoms with Crippen LogP contribution in [-0.4, -0.2) is 52.8 Å². The maximum absolute atomic E-state index is 12.0. The molecule has 4 aromatic carbocycles. The molecular formula is C32H27ClN6O4. The first-order valence-corrected chi connectivity index (χ1v) is 13.9. The number of benzene rings is 4. The van der Waals surface area contributed by atoms with Crippen LogP contribution in [0.5, 0.6) is 11.5 Å². The molecule has 0 fully saturated rings. The van der Waals surface area contributed by atoms with Crippen molar-refractivity contribution in [2.45, 2.75) is 26.7 Å². The van der Waals surface area contributed by atoms with Crippen molar-refractivity contribution in [2.75, 3.05) is 6.61 Å². The second-order valence-electron chi connectivity index (χ2n) is 10.3. The summed E-state index contributed by atoms with van der Waals surface area (Å²) in [5.74, 6) is -0.558. The topological polar surface area (TPSA) is 128 Å². The molecule has 11 heteroatoms. The molecule has 2 heterocycles. The lowest BCUT2D eigenvalue weighted by Crippen LogP contribution is -2.09. The monoisotopic (exact) mass is 594 g/mol. The van der Waals surface area contributed by atoms with Gasteiger partial charge in [0.15, 0.2) is 0 Å². The Morgan fingerprint density at radius 3 is 2.14 bits per heavy atom. The van der Waals surface area contributed by atoms with Crippen molar-refractivity contribution in [3.63, 3.8) is 0 Å². The third kappa shape index (κ3) is 5.52. The number of rotatable bonds is 8. The Labute approximate surface area is 251 Å². The highest BCUT2D eigenvalue weighted by Gasteiger charge is 2.20. The minimum Gasteiger partial charge on any atom is -0.505 e. The molecule has 43 heavy (non-hydrogen) atoms. The van der Waals surface area contributed by atoms with Crippen molar-refractivity contribution in [2.24, 2.45) is 0 Å². The minimum atomic E-state index is -0.481. The Morgan fingerprint density at radius 1 is 0.860 bits per heavy atom. The van der Waals surface area contributed by atoms with E-state index in [1.54, 1.807) is 37.3 Å². The number of carbonyl (C=O) groups excluding carboxylic acids is 1. The highest BCUT2D eigenvalue weighted by Crippen LogP contribution is 2.35. The molecule has 0 amide bonds. The number of hydrogen-bond acceptors (Lipinski definition) is 8. The van der Waals surface area contributed by atoms with Crippen LogP contribution < -0.4 is 0 Å². The number of ether oxygens (including phenoxy) is 1. The molecule has 0 aliphatic heterocycles. The molecule has 0 aliphatic rings. The maximum atomic E-state index is 12.0. The van der Waals surface area contributed by atoms with Gasteiger partial charge in [-0.25, -0.2) is 4.79 Å². The number of phenols is 2. The number of aryl methyl sites for hydroxylation is 1. The maximum Gasteiger partial charge on any atom is 0.333 e. The van der Waals surface area contributed by atoms with Gasteiger partial charge >= 0.3 is 5.97 Å². The molecule has 0 bridgehead atoms. The lowest BCUT2D eigenvalue weighted by molar-refractivity contribution is -0.138. The van der Waals surface area contributed by atoms with Crippen molar-refractivity contribution in [1.82, 2.24) is 30.0 Å². The normalized spacial score (nSPS) is 11.3. The minimum absolute atomic E-state index is 0.0117. The molecule has 0 spiro atoms. The van der Waals surface area contributed by atoms with Crippen LogP contribution in [0.25, 0.3) is 33.4 Å². The zero-order valence-electron chi connectivity index (χ0n) is 23.5. The average Bonchev–Trinajstić information content (AvgIpc) is 3.61. The fourth-order valence-electron chi connectivity index (χ4n) is 4.86. The van der Waals surface area contributed by atoms with Gasteiger partial charge in [0.25, 0.3) is 0 Å². The van der Waals surface area contributed by atoms with Gasteiger partial charge in [-0.2, -0.15) is 0 Å². The molecular weight excluding hydrogens is 568 g/mol. The zero-order chi connectivity index (χ0) is 30.2. The van der Waals surface area contributed by atoms with E-state index in [-0.39, 0.29) is 24.5 Å². The number of aromatic hydroxyl groups is 2. The zero-order valence-corrected chi connectivity index (χ0v) is 24.2. The molecule has 0 unspecified atom stereocenters. The number of esters is 1. The first-order chi connectivity index (χ1) is 20.7. The smallest absolute Gasteiger partial charge is 0.333 e. The number of fused-ring (bicyclic) bond motifs is 2. The van der Waals surface area contributed by atoms with Gasteiger partial charge in [0.05, 0.1) is 11.6 Å². The SMILES string of the molecule is C=C(C)C(=O)OCCc1cc(Cc2cc(C)cc(-n3nc4ccccc4n3)c2O)c(O)c(-n2nc3cccc(Cl)c3n2)c1. The molecule has 0 saturated carbocycles. The van der Waals surface area contributed by atoms with Gasteiger partial charge in [0.1, 0.15) is 44.9 Å². The van der Waals surface area contributed by atoms with Gasteiger partial charge in [-0.1, -0.05) is 48.5 Å². The molecule has 0 radical (unpaired) electrons. The van der Waals surface area contributed by atoms with E-state index in [1.807, 2.05) is 43.3 Å². The third-order valence-corrected chi connectivity index (χ3v) is 7.28. The van der Waals surface area contributed by atoms with Crippen molar-refractivity contribution in [3.05, 3.63) is 106 Å². The summed E-state index contributed by atoms with van der Waals surface area (Å²) in [6.45, 7) is 7.22. The number of hydrogen-bond donors (Lipinski definition) is 2. The Hall–Kier alpha value is -5.22. The van der Waals surface area contributed by atoms with E-state index < -0.39 is 5.97 Å². The Bertz CT molecular complexity index is 2010. The summed E-state index contributed by atoms with van der Waals surface area (Å²) in [6, 6.07) is 19.9. The second kappa shape index (κ2) is 11.2. The number of phenolic OH excluding ortho intramolecular Hbond substituents is 2. The van der Waals surface area contributed by atoms with Crippen LogP contribution >= 0.6 is 11.6 Å². The molecule has 2 aromatic heterocycles. The summed E-state index contributed by atoms with van der Waals surface area (Å²) < 4.78 is 5.32. The predicted molar refractivity (Wildman–Crippen MR) is 163 cm³/mol. The van der Waals surface area contributed by atoms with Crippen molar-refractivity contribution in [3.8, 4) is 22.9 Å². The second-order valence-corrected chi connectivity index (χ2v) is 10.7. The molecule has 6 rings (SSSR count). The first-order valence-electron chi connectivity index (χ1n) is 13.5. The van der Waals surface area contributed by atoms with Gasteiger partial charge in [-0.05, 0) is 61.4 Å². The van der Waals surface area contributed by atoms with E-state index >= 15 is 0 Å². The highest BCUT2D eigenvalue weighted by atomic mass is 35.5. The Morgan fingerprint density at radius 2 is 1.47 bits per heavy atom. The Kier molecular flexibility index (Phi) is 7.29. The van der Waals surface area contributed by atoms with E-state index in [0.29, 0.717) is 61.6 Å². The van der Waals surface area contributed by atoms with Gasteiger partial charge in [0, 0.05) is 29.5 Å². The fraction of sp³-hybridized carbons (Fsp3) is 0.156. The summed E-state index contributed by atoms with van der Waals surface area (Å²) in [4.78, 5) is 14.7. The summed E-state index contributed by atoms with van der Waals surface area (Å²) in [7, 11) is 0. The van der Waals surface area contributed by atoms with E-state index in [9.17, 15) is 15.0 Å². The van der Waals surface area contributed by atoms with E-state index in [2.05, 4.69) is 27.0 Å². The number of carbonyl (C=O) groups is 1. The summed E-state index contributed by atoms with van der Waals surface area (Å²) >= 11 is 6.34. The third-order valence-electron chi connectivity index (χ3n) is 6.98. The Balaban J connectivity index is 1.42. The van der Waals surface area contributed by atoms with Crippen molar-refractivity contribution >= 4 is 39.6 Å². The highest BCUT2D eigenvalue weighted by molar-refractivity contribution is 6.34. The van der Waals surface area contributed by atoms with Crippen molar-refractivity contribution in [1.29, 1.82) is 0 Å². The van der Waals surface area contributed by atoms with Crippen LogP contribution in [0.4, 0.5) is 0 Å². The van der Waals surface area contributed by atoms with E-state index in [0.717, 1.165) is 11.1 Å². The lowest BCUT2D eigenvalue weighted by atomic mass is 9.97. The molecule has 10 nitrogen and oxygen atoms in total. The van der Waals surface area contributed by atoms with Crippen LogP contribution in [0.1, 0.15) is 29.2 Å². The quantitative estimate of drug-likeness (QED) is 0.168. The van der Waals surface area contributed by atoms with Crippen LogP contribution in [0.15, 0.2) is 78.9 Å². The standard InChI is InChI=1S/C32H27ClN6O4/c1-18(2)32(42)43-12-11-20-15-22(31(41)28(16-20)39-36-26-10-6-7-23(33)29(26)37-39)17-21-13-19(3)14-27(30(21)40)38-34-24-8-4-5-9-25(24)35-38/h4-10,13-16,40-41H,1,11-12,17H2,2-3H3. The average molecular weight is 595 g/mol. The van der Waals surface area contributed by atoms with Gasteiger partial charge < -0.3 is 14.9 Å². The molecule has 6 aromatic rings. The summed E-state index contributed by atoms with van der Waals surface area (Å²) in [6.07, 6.45) is 0.525. The largest absolute Gasteiger partial charge is 0.505 e. The van der Waals surface area contributed by atoms with Gasteiger partial charge in [-0.15, -0.1) is 30.0 Å². The fourth-order valence-corrected chi connectivity index (χ4v) is 5.07. The van der Waals surface area contributed by atoms with Crippen LogP contribution in [-0.2, 0) is 22.4 Å². The van der Waals surface area contributed by atoms with Crippen LogP contribution in [0, 0.1) is 6.92 Å². The summed E-state index contributed by atoms with van der Waals surface area (Å²) in [5.41, 5.74) is 6.21. The molecule has 0 saturated heterocycles. The molecule has 216 valence electrons. The van der Waals surface area contributed by atoms with E-state index in [1.165, 1.54) is 9.59 Å². The molecule has 0 aliphatic carbocycles. The first kappa shape index (κ1) is 27.9. The number of halogens is 1. The van der Waals surface area contributed by atoms with Crippen molar-refractivity contribution < 1.29 is 19.7 Å². The number of nitrogens with zero attached hydrogens (tertiary/aromatic N) is 6. The van der Waals surface area contributed by atoms with Crippen LogP contribution in [0.2, 0.25) is 5.02 Å². The van der Waals surface area contributed by atoms with E-state index in [4.69, 9.17) is 16.3 Å². The lowest BCUT2D eigenvalue weighted by Gasteiger charge is -2.15.